The van der Waals surface area contributed by atoms with Gasteiger partial charge < -0.3 is 14.4 Å². The van der Waals surface area contributed by atoms with Gasteiger partial charge in [-0.1, -0.05) is 0 Å². The van der Waals surface area contributed by atoms with Gasteiger partial charge >= 0.3 is 5.97 Å². The van der Waals surface area contributed by atoms with Crippen molar-refractivity contribution in [2.24, 2.45) is 0 Å². The van der Waals surface area contributed by atoms with Gasteiger partial charge in [-0.3, -0.25) is 4.79 Å². The minimum atomic E-state index is -0.425. The molecule has 0 unspecified atom stereocenters. The number of hydrogen-bond donors (Lipinski definition) is 0. The Hall–Kier alpha value is -2.04. The van der Waals surface area contributed by atoms with Crippen molar-refractivity contribution in [1.29, 1.82) is 0 Å². The van der Waals surface area contributed by atoms with Crippen LogP contribution in [0.25, 0.3) is 0 Å². The number of rotatable bonds is 1. The zero-order chi connectivity index (χ0) is 11.7. The van der Waals surface area contributed by atoms with E-state index in [1.807, 2.05) is 0 Å². The third kappa shape index (κ3) is 1.60. The van der Waals surface area contributed by atoms with E-state index >= 15 is 0 Å². The molecule has 0 saturated carbocycles. The van der Waals surface area contributed by atoms with Crippen LogP contribution >= 0.6 is 0 Å². The molecule has 1 amide bonds. The molecule has 2 rings (SSSR count). The van der Waals surface area contributed by atoms with E-state index in [1.165, 1.54) is 12.0 Å². The number of carbonyl (C=O) groups is 2. The molecule has 1 aromatic rings. The second kappa shape index (κ2) is 3.84. The van der Waals surface area contributed by atoms with Crippen LogP contribution in [0, 0.1) is 0 Å². The Morgan fingerprint density at radius 1 is 1.50 bits per heavy atom. The normalized spacial score (nSPS) is 14.1. The molecule has 1 aliphatic rings. The lowest BCUT2D eigenvalue weighted by Crippen LogP contribution is -2.35. The molecule has 0 bridgehead atoms. The van der Waals surface area contributed by atoms with Gasteiger partial charge in [0.25, 0.3) is 5.91 Å². The van der Waals surface area contributed by atoms with E-state index in [-0.39, 0.29) is 12.5 Å². The number of benzene rings is 1. The first-order valence-corrected chi connectivity index (χ1v) is 4.75. The highest BCUT2D eigenvalue weighted by Crippen LogP contribution is 2.31. The predicted octanol–water partition coefficient (Wildman–Crippen LogP) is 0.828. The monoisotopic (exact) mass is 221 g/mol. The van der Waals surface area contributed by atoms with Crippen molar-refractivity contribution in [3.8, 4) is 5.75 Å². The maximum atomic E-state index is 11.3. The molecule has 1 heterocycles. The summed E-state index contributed by atoms with van der Waals surface area (Å²) in [6, 6.07) is 4.84. The van der Waals surface area contributed by atoms with E-state index in [0.717, 1.165) is 0 Å². The lowest BCUT2D eigenvalue weighted by molar-refractivity contribution is -0.120. The molecule has 0 saturated heterocycles. The standard InChI is InChI=1S/C11H11NO4/c1-12-8-4-3-7(11(14)15-2)5-9(8)16-6-10(12)13/h3-5H,6H2,1-2H3. The van der Waals surface area contributed by atoms with E-state index in [1.54, 1.807) is 25.2 Å². The van der Waals surface area contributed by atoms with Crippen LogP contribution in [0.2, 0.25) is 0 Å². The maximum absolute atomic E-state index is 11.3. The van der Waals surface area contributed by atoms with Crippen molar-refractivity contribution >= 4 is 17.6 Å². The van der Waals surface area contributed by atoms with E-state index in [0.29, 0.717) is 17.0 Å². The summed E-state index contributed by atoms with van der Waals surface area (Å²) in [5, 5.41) is 0. The topological polar surface area (TPSA) is 55.8 Å². The second-order valence-corrected chi connectivity index (χ2v) is 3.42. The van der Waals surface area contributed by atoms with E-state index < -0.39 is 5.97 Å². The molecule has 1 aromatic carbocycles. The number of esters is 1. The molecule has 0 radical (unpaired) electrons. The molecule has 16 heavy (non-hydrogen) atoms. The molecule has 0 aromatic heterocycles. The third-order valence-corrected chi connectivity index (χ3v) is 2.47. The number of methoxy groups -OCH3 is 1. The fourth-order valence-electron chi connectivity index (χ4n) is 1.52. The molecule has 0 spiro atoms. The van der Waals surface area contributed by atoms with Crippen LogP contribution in [0.1, 0.15) is 10.4 Å². The molecule has 0 N–H and O–H groups in total. The zero-order valence-electron chi connectivity index (χ0n) is 9.02. The summed E-state index contributed by atoms with van der Waals surface area (Å²) < 4.78 is 9.84. The van der Waals surface area contributed by atoms with Crippen molar-refractivity contribution in [2.75, 3.05) is 25.7 Å². The molecule has 0 fully saturated rings. The van der Waals surface area contributed by atoms with Gasteiger partial charge in [-0.2, -0.15) is 0 Å². The number of carbonyl (C=O) groups excluding carboxylic acids is 2. The summed E-state index contributed by atoms with van der Waals surface area (Å²) in [4.78, 5) is 24.1. The fraction of sp³-hybridized carbons (Fsp3) is 0.273. The Morgan fingerprint density at radius 3 is 2.94 bits per heavy atom. The first kappa shape index (κ1) is 10.5. The first-order valence-electron chi connectivity index (χ1n) is 4.75. The number of nitrogens with zero attached hydrogens (tertiary/aromatic N) is 1. The average molecular weight is 221 g/mol. The summed E-state index contributed by atoms with van der Waals surface area (Å²) in [6.45, 7) is -0.00583. The van der Waals surface area contributed by atoms with Crippen molar-refractivity contribution in [3.63, 3.8) is 0 Å². The fourth-order valence-corrected chi connectivity index (χ4v) is 1.52. The van der Waals surface area contributed by atoms with Crippen LogP contribution in [-0.4, -0.2) is 32.6 Å². The zero-order valence-corrected chi connectivity index (χ0v) is 9.02. The molecule has 5 nitrogen and oxygen atoms in total. The van der Waals surface area contributed by atoms with Crippen molar-refractivity contribution in [1.82, 2.24) is 0 Å². The highest BCUT2D eigenvalue weighted by atomic mass is 16.5. The summed E-state index contributed by atoms with van der Waals surface area (Å²) in [5.41, 5.74) is 1.06. The average Bonchev–Trinajstić information content (AvgIpc) is 2.32. The van der Waals surface area contributed by atoms with Gasteiger partial charge in [0.15, 0.2) is 6.61 Å². The van der Waals surface area contributed by atoms with Gasteiger partial charge in [0.2, 0.25) is 0 Å². The van der Waals surface area contributed by atoms with Crippen molar-refractivity contribution in [2.45, 2.75) is 0 Å². The lowest BCUT2D eigenvalue weighted by Gasteiger charge is -2.25. The maximum Gasteiger partial charge on any atom is 0.337 e. The highest BCUT2D eigenvalue weighted by molar-refractivity contribution is 5.98. The Morgan fingerprint density at radius 2 is 2.25 bits per heavy atom. The molecule has 0 atom stereocenters. The van der Waals surface area contributed by atoms with Gasteiger partial charge in [0.1, 0.15) is 5.75 Å². The smallest absolute Gasteiger partial charge is 0.337 e. The number of hydrogen-bond acceptors (Lipinski definition) is 4. The van der Waals surface area contributed by atoms with Crippen molar-refractivity contribution in [3.05, 3.63) is 23.8 Å². The first-order chi connectivity index (χ1) is 7.63. The number of amides is 1. The minimum Gasteiger partial charge on any atom is -0.482 e. The van der Waals surface area contributed by atoms with Crippen LogP contribution in [0.3, 0.4) is 0 Å². The van der Waals surface area contributed by atoms with Gasteiger partial charge in [-0.15, -0.1) is 0 Å². The molecule has 1 aliphatic heterocycles. The van der Waals surface area contributed by atoms with Crippen LogP contribution in [0.15, 0.2) is 18.2 Å². The molecule has 84 valence electrons. The summed E-state index contributed by atoms with van der Waals surface area (Å²) >= 11 is 0. The van der Waals surface area contributed by atoms with Gasteiger partial charge in [0.05, 0.1) is 18.4 Å². The Kier molecular flexibility index (Phi) is 2.52. The highest BCUT2D eigenvalue weighted by Gasteiger charge is 2.23. The van der Waals surface area contributed by atoms with Gasteiger partial charge in [-0.05, 0) is 18.2 Å². The summed E-state index contributed by atoms with van der Waals surface area (Å²) in [6.07, 6.45) is 0. The lowest BCUT2D eigenvalue weighted by atomic mass is 10.1. The summed E-state index contributed by atoms with van der Waals surface area (Å²) in [5.74, 6) is -0.0192. The number of fused-ring (bicyclic) bond motifs is 1. The van der Waals surface area contributed by atoms with Crippen molar-refractivity contribution < 1.29 is 19.1 Å². The quantitative estimate of drug-likeness (QED) is 0.659. The Bertz CT molecular complexity index is 455. The summed E-state index contributed by atoms with van der Waals surface area (Å²) in [7, 11) is 2.99. The molecular formula is C11H11NO4. The molecule has 0 aliphatic carbocycles. The van der Waals surface area contributed by atoms with Crippen LogP contribution in [-0.2, 0) is 9.53 Å². The molecular weight excluding hydrogens is 210 g/mol. The number of anilines is 1. The van der Waals surface area contributed by atoms with Crippen LogP contribution < -0.4 is 9.64 Å². The SMILES string of the molecule is COC(=O)c1ccc2c(c1)OCC(=O)N2C. The number of likely N-dealkylation sites (N-methyl/N-ethyl adjacent to an activating group) is 1. The Labute approximate surface area is 92.6 Å². The molecule has 5 heteroatoms. The van der Waals surface area contributed by atoms with E-state index in [2.05, 4.69) is 4.74 Å². The largest absolute Gasteiger partial charge is 0.482 e. The Balaban J connectivity index is 2.41. The second-order valence-electron chi connectivity index (χ2n) is 3.42. The predicted molar refractivity (Wildman–Crippen MR) is 56.7 cm³/mol. The van der Waals surface area contributed by atoms with E-state index in [9.17, 15) is 9.59 Å². The van der Waals surface area contributed by atoms with Crippen LogP contribution in [0.5, 0.6) is 5.75 Å². The minimum absolute atomic E-state index is 0.00583. The van der Waals surface area contributed by atoms with Crippen LogP contribution in [0.4, 0.5) is 5.69 Å². The third-order valence-electron chi connectivity index (χ3n) is 2.47. The van der Waals surface area contributed by atoms with Gasteiger partial charge in [0, 0.05) is 7.05 Å². The van der Waals surface area contributed by atoms with Gasteiger partial charge in [-0.25, -0.2) is 4.79 Å². The van der Waals surface area contributed by atoms with E-state index in [4.69, 9.17) is 4.74 Å². The number of ether oxygens (including phenoxy) is 2.